The number of nitrogens with zero attached hydrogens (tertiary/aromatic N) is 1. The van der Waals surface area contributed by atoms with Crippen molar-refractivity contribution in [2.24, 2.45) is 0 Å². The number of rotatable bonds is 6. The molecule has 4 nitrogen and oxygen atoms in total. The van der Waals surface area contributed by atoms with Gasteiger partial charge < -0.3 is 14.5 Å². The number of hydrogen-bond donors (Lipinski definition) is 1. The molecule has 1 rings (SSSR count). The van der Waals surface area contributed by atoms with E-state index in [-0.39, 0.29) is 17.8 Å². The summed E-state index contributed by atoms with van der Waals surface area (Å²) in [6.45, 7) is 5.99. The summed E-state index contributed by atoms with van der Waals surface area (Å²) in [5, 5.41) is 18.3. The third-order valence-corrected chi connectivity index (χ3v) is 3.32. The Hall–Kier alpha value is -1.65. The molecule has 113 valence electrons. The van der Waals surface area contributed by atoms with Crippen molar-refractivity contribution in [1.82, 2.24) is 0 Å². The van der Waals surface area contributed by atoms with Gasteiger partial charge in [0.05, 0.1) is 11.2 Å². The lowest BCUT2D eigenvalue weighted by Gasteiger charge is -2.37. The van der Waals surface area contributed by atoms with Crippen LogP contribution in [0.3, 0.4) is 0 Å². The molecule has 1 radical (unpaired) electrons. The van der Waals surface area contributed by atoms with Crippen LogP contribution >= 0.6 is 0 Å². The fourth-order valence-corrected chi connectivity index (χ4v) is 1.21. The van der Waals surface area contributed by atoms with E-state index in [2.05, 4.69) is 0 Å². The minimum atomic E-state index is -1.19. The van der Waals surface area contributed by atoms with Crippen molar-refractivity contribution in [3.05, 3.63) is 23.8 Å². The largest absolute Gasteiger partial charge is 0.476 e. The topological polar surface area (TPSA) is 62.5 Å². The van der Waals surface area contributed by atoms with Gasteiger partial charge in [-0.05, 0) is 39.2 Å². The van der Waals surface area contributed by atoms with E-state index >= 15 is 0 Å². The number of aliphatic hydroxyl groups is 1. The summed E-state index contributed by atoms with van der Waals surface area (Å²) in [4.78, 5) is 0. The third-order valence-electron chi connectivity index (χ3n) is 3.32. The maximum Gasteiger partial charge on any atom is 0.334 e. The van der Waals surface area contributed by atoms with Crippen molar-refractivity contribution < 1.29 is 23.3 Å². The molecule has 21 heavy (non-hydrogen) atoms. The van der Waals surface area contributed by atoms with Crippen molar-refractivity contribution in [2.45, 2.75) is 38.9 Å². The molecule has 1 aromatic carbocycles. The molecule has 0 spiro atoms. The Morgan fingerprint density at radius 1 is 1.24 bits per heavy atom. The maximum atomic E-state index is 13.8. The lowest BCUT2D eigenvalue weighted by Crippen LogP contribution is -2.49. The van der Waals surface area contributed by atoms with Crippen molar-refractivity contribution >= 4 is 12.9 Å². The van der Waals surface area contributed by atoms with E-state index in [4.69, 9.17) is 14.7 Å². The van der Waals surface area contributed by atoms with Crippen molar-refractivity contribution in [3.8, 4) is 11.8 Å². The predicted octanol–water partition coefficient (Wildman–Crippen LogP) is 1.68. The van der Waals surface area contributed by atoms with E-state index in [0.29, 0.717) is 0 Å². The Kier molecular flexibility index (Phi) is 5.32. The molecule has 1 N–H and O–H groups in total. The second kappa shape index (κ2) is 6.42. The molecular formula is C14H17BF2NO3. The monoisotopic (exact) mass is 296 g/mol. The standard InChI is InChI=1S/C14H17BF2NO3/c1-13(2,19)14(3,4)21-15-9-5-6-10(20-8-7-18)12(17)11(9)16/h5-6,19H,8H2,1-4H3. The van der Waals surface area contributed by atoms with Crippen LogP contribution in [-0.2, 0) is 4.65 Å². The molecular weight excluding hydrogens is 279 g/mol. The minimum Gasteiger partial charge on any atom is -0.476 e. The fraction of sp³-hybridized carbons (Fsp3) is 0.500. The number of halogens is 2. The molecule has 0 aliphatic heterocycles. The highest BCUT2D eigenvalue weighted by atomic mass is 19.2. The van der Waals surface area contributed by atoms with Gasteiger partial charge in [0, 0.05) is 0 Å². The van der Waals surface area contributed by atoms with E-state index in [1.165, 1.54) is 12.1 Å². The van der Waals surface area contributed by atoms with E-state index in [1.54, 1.807) is 33.8 Å². The molecule has 0 aliphatic carbocycles. The van der Waals surface area contributed by atoms with Crippen LogP contribution in [0, 0.1) is 23.0 Å². The van der Waals surface area contributed by atoms with Crippen LogP contribution in [-0.4, -0.2) is 30.4 Å². The van der Waals surface area contributed by atoms with E-state index in [1.807, 2.05) is 0 Å². The Morgan fingerprint density at radius 2 is 1.86 bits per heavy atom. The Bertz CT molecular complexity index is 550. The second-order valence-electron chi connectivity index (χ2n) is 5.53. The number of hydrogen-bond acceptors (Lipinski definition) is 4. The molecule has 0 aliphatic rings. The van der Waals surface area contributed by atoms with E-state index in [9.17, 15) is 13.9 Å². The van der Waals surface area contributed by atoms with Gasteiger partial charge in [0.2, 0.25) is 0 Å². The molecule has 0 heterocycles. The van der Waals surface area contributed by atoms with Crippen molar-refractivity contribution in [1.29, 1.82) is 5.26 Å². The van der Waals surface area contributed by atoms with Gasteiger partial charge in [0.25, 0.3) is 0 Å². The number of nitriles is 1. The molecule has 0 aromatic heterocycles. The quantitative estimate of drug-likeness (QED) is 0.811. The lowest BCUT2D eigenvalue weighted by molar-refractivity contribution is -0.0893. The molecule has 0 bridgehead atoms. The van der Waals surface area contributed by atoms with Gasteiger partial charge in [-0.3, -0.25) is 0 Å². The molecule has 0 atom stereocenters. The highest BCUT2D eigenvalue weighted by Crippen LogP contribution is 2.24. The lowest BCUT2D eigenvalue weighted by atomic mass is 9.82. The first-order chi connectivity index (χ1) is 9.60. The highest BCUT2D eigenvalue weighted by molar-refractivity contribution is 6.47. The molecule has 0 amide bonds. The summed E-state index contributed by atoms with van der Waals surface area (Å²) in [5.41, 5.74) is -2.28. The summed E-state index contributed by atoms with van der Waals surface area (Å²) in [6, 6.07) is 4.15. The third kappa shape index (κ3) is 4.16. The summed E-state index contributed by atoms with van der Waals surface area (Å²) in [7, 11) is 1.05. The highest BCUT2D eigenvalue weighted by Gasteiger charge is 2.36. The van der Waals surface area contributed by atoms with Crippen LogP contribution in [0.2, 0.25) is 0 Å². The van der Waals surface area contributed by atoms with Crippen molar-refractivity contribution in [3.63, 3.8) is 0 Å². The minimum absolute atomic E-state index is 0.117. The predicted molar refractivity (Wildman–Crippen MR) is 74.3 cm³/mol. The number of benzene rings is 1. The van der Waals surface area contributed by atoms with Gasteiger partial charge in [-0.15, -0.1) is 0 Å². The average Bonchev–Trinajstić information content (AvgIpc) is 2.38. The summed E-state index contributed by atoms with van der Waals surface area (Å²) in [6.07, 6.45) is 0. The first-order valence-corrected chi connectivity index (χ1v) is 6.31. The summed E-state index contributed by atoms with van der Waals surface area (Å²) >= 11 is 0. The van der Waals surface area contributed by atoms with Crippen molar-refractivity contribution in [2.75, 3.05) is 6.61 Å². The Balaban J connectivity index is 2.87. The first-order valence-electron chi connectivity index (χ1n) is 6.31. The van der Waals surface area contributed by atoms with Gasteiger partial charge in [-0.25, -0.2) is 4.39 Å². The summed E-state index contributed by atoms with van der Waals surface area (Å²) in [5.74, 6) is -2.67. The molecule has 0 saturated carbocycles. The van der Waals surface area contributed by atoms with Gasteiger partial charge in [-0.2, -0.15) is 9.65 Å². The van der Waals surface area contributed by atoms with Gasteiger partial charge in [0.15, 0.2) is 24.0 Å². The Morgan fingerprint density at radius 3 is 2.38 bits per heavy atom. The zero-order chi connectivity index (χ0) is 16.3. The SMILES string of the molecule is CC(C)(O)C(C)(C)O[B]c1ccc(OCC#N)c(F)c1F. The normalized spacial score (nSPS) is 11.9. The fourth-order valence-electron chi connectivity index (χ4n) is 1.21. The molecule has 7 heteroatoms. The maximum absolute atomic E-state index is 13.8. The zero-order valence-corrected chi connectivity index (χ0v) is 12.4. The van der Waals surface area contributed by atoms with E-state index < -0.39 is 22.8 Å². The number of ether oxygens (including phenoxy) is 1. The molecule has 0 saturated heterocycles. The molecule has 1 aromatic rings. The van der Waals surface area contributed by atoms with E-state index in [0.717, 1.165) is 7.48 Å². The van der Waals surface area contributed by atoms with Gasteiger partial charge >= 0.3 is 7.48 Å². The van der Waals surface area contributed by atoms with Crippen LogP contribution in [0.4, 0.5) is 8.78 Å². The van der Waals surface area contributed by atoms with Gasteiger partial charge in [-0.1, -0.05) is 6.07 Å². The Labute approximate surface area is 123 Å². The first kappa shape index (κ1) is 17.4. The summed E-state index contributed by atoms with van der Waals surface area (Å²) < 4.78 is 37.7. The zero-order valence-electron chi connectivity index (χ0n) is 12.4. The smallest absolute Gasteiger partial charge is 0.334 e. The molecule has 0 fully saturated rings. The van der Waals surface area contributed by atoms with Crippen LogP contribution in [0.15, 0.2) is 12.1 Å². The average molecular weight is 296 g/mol. The van der Waals surface area contributed by atoms with Crippen LogP contribution in [0.25, 0.3) is 0 Å². The second-order valence-corrected chi connectivity index (χ2v) is 5.53. The van der Waals surface area contributed by atoms with Crippen LogP contribution in [0.1, 0.15) is 27.7 Å². The van der Waals surface area contributed by atoms with Crippen LogP contribution in [0.5, 0.6) is 5.75 Å². The van der Waals surface area contributed by atoms with Gasteiger partial charge in [0.1, 0.15) is 6.07 Å². The van der Waals surface area contributed by atoms with Crippen LogP contribution < -0.4 is 10.2 Å². The molecule has 0 unspecified atom stereocenters.